The minimum atomic E-state index is -0.839. The Morgan fingerprint density at radius 3 is 0.952 bits per heavy atom. The maximum Gasteiger partial charge on any atom is 0.305 e. The van der Waals surface area contributed by atoms with Crippen molar-refractivity contribution >= 4 is 11.9 Å². The molecule has 0 spiro atoms. The summed E-state index contributed by atoms with van der Waals surface area (Å²) in [4.78, 5) is 24.5. The van der Waals surface area contributed by atoms with E-state index in [9.17, 15) is 19.8 Å². The highest BCUT2D eigenvalue weighted by atomic mass is 16.5. The molecule has 0 fully saturated rings. The number of esters is 1. The standard InChI is InChI=1S/C77H147NO5/c1-3-5-7-9-11-13-15-17-47-51-55-59-63-67-71-77(82)83-72-68-64-60-56-52-48-44-42-40-38-36-34-32-30-28-26-24-22-20-18-19-21-23-25-27-29-31-33-35-37-39-41-43-46-50-54-58-62-66-70-76(81)78-74(73-79)75(80)69-65-61-57-53-49-45-16-14-12-10-8-6-4-2/h9,11,15,17,65,69,74-75,79-80H,3-8,10,12-14,16,18-64,66-68,70-73H2,1-2H3,(H,78,81)/b11-9-,17-15-,69-65+. The monoisotopic (exact) mass is 1170 g/mol. The van der Waals surface area contributed by atoms with Gasteiger partial charge in [0.2, 0.25) is 5.91 Å². The number of ether oxygens (including phenoxy) is 1. The first-order valence-corrected chi connectivity index (χ1v) is 37.8. The topological polar surface area (TPSA) is 95.9 Å². The van der Waals surface area contributed by atoms with Gasteiger partial charge in [-0.3, -0.25) is 9.59 Å². The van der Waals surface area contributed by atoms with Gasteiger partial charge in [-0.1, -0.05) is 384 Å². The fourth-order valence-electron chi connectivity index (χ4n) is 11.9. The molecule has 6 nitrogen and oxygen atoms in total. The molecule has 3 N–H and O–H groups in total. The Bertz CT molecular complexity index is 1340. The molecule has 0 bridgehead atoms. The Hall–Kier alpha value is -1.92. The van der Waals surface area contributed by atoms with Gasteiger partial charge >= 0.3 is 5.97 Å². The van der Waals surface area contributed by atoms with Crippen LogP contribution >= 0.6 is 0 Å². The molecule has 0 aromatic carbocycles. The molecule has 6 heteroatoms. The maximum absolute atomic E-state index is 12.5. The highest BCUT2D eigenvalue weighted by molar-refractivity contribution is 5.76. The summed E-state index contributed by atoms with van der Waals surface area (Å²) in [6.45, 7) is 4.88. The van der Waals surface area contributed by atoms with E-state index in [4.69, 9.17) is 4.74 Å². The zero-order valence-electron chi connectivity index (χ0n) is 56.2. The Morgan fingerprint density at radius 2 is 0.614 bits per heavy atom. The number of hydrogen-bond donors (Lipinski definition) is 3. The van der Waals surface area contributed by atoms with Gasteiger partial charge < -0.3 is 20.3 Å². The summed E-state index contributed by atoms with van der Waals surface area (Å²) >= 11 is 0. The number of hydrogen-bond acceptors (Lipinski definition) is 5. The molecule has 2 atom stereocenters. The number of allylic oxidation sites excluding steroid dienone is 5. The van der Waals surface area contributed by atoms with Crippen molar-refractivity contribution in [3.05, 3.63) is 36.5 Å². The van der Waals surface area contributed by atoms with Gasteiger partial charge in [-0.05, 0) is 57.8 Å². The van der Waals surface area contributed by atoms with Crippen molar-refractivity contribution in [1.29, 1.82) is 0 Å². The van der Waals surface area contributed by atoms with E-state index in [1.807, 2.05) is 6.08 Å². The molecule has 0 radical (unpaired) electrons. The van der Waals surface area contributed by atoms with Gasteiger partial charge in [0.1, 0.15) is 0 Å². The van der Waals surface area contributed by atoms with Crippen molar-refractivity contribution < 1.29 is 24.5 Å². The maximum atomic E-state index is 12.5. The number of aliphatic hydroxyl groups excluding tert-OH is 2. The van der Waals surface area contributed by atoms with Crippen LogP contribution in [0, 0.1) is 0 Å². The Morgan fingerprint density at radius 1 is 0.337 bits per heavy atom. The number of carbonyl (C=O) groups excluding carboxylic acids is 2. The number of amides is 1. The van der Waals surface area contributed by atoms with Crippen molar-refractivity contribution in [2.24, 2.45) is 0 Å². The highest BCUT2D eigenvalue weighted by Gasteiger charge is 2.18. The number of unbranched alkanes of at least 4 members (excludes halogenated alkanes) is 56. The van der Waals surface area contributed by atoms with Gasteiger partial charge in [-0.2, -0.15) is 0 Å². The fourth-order valence-corrected chi connectivity index (χ4v) is 11.9. The summed E-state index contributed by atoms with van der Waals surface area (Å²) in [6.07, 6.45) is 94.1. The molecule has 0 saturated heterocycles. The quantitative estimate of drug-likeness (QED) is 0.0320. The van der Waals surface area contributed by atoms with Crippen LogP contribution in [0.4, 0.5) is 0 Å². The minimum absolute atomic E-state index is 0.00949. The van der Waals surface area contributed by atoms with Crippen molar-refractivity contribution in [2.45, 2.75) is 431 Å². The summed E-state index contributed by atoms with van der Waals surface area (Å²) < 4.78 is 5.49. The fraction of sp³-hybridized carbons (Fsp3) is 0.896. The van der Waals surface area contributed by atoms with Gasteiger partial charge in [-0.15, -0.1) is 0 Å². The lowest BCUT2D eigenvalue weighted by Crippen LogP contribution is -2.45. The molecule has 1 amide bonds. The molecule has 0 aliphatic rings. The van der Waals surface area contributed by atoms with Crippen LogP contribution in [0.2, 0.25) is 0 Å². The van der Waals surface area contributed by atoms with E-state index in [2.05, 4.69) is 43.5 Å². The number of rotatable bonds is 71. The summed E-state index contributed by atoms with van der Waals surface area (Å²) in [6, 6.07) is -0.622. The van der Waals surface area contributed by atoms with Gasteiger partial charge in [0.25, 0.3) is 0 Å². The van der Waals surface area contributed by atoms with Gasteiger partial charge in [-0.25, -0.2) is 0 Å². The molecule has 2 unspecified atom stereocenters. The summed E-state index contributed by atoms with van der Waals surface area (Å²) in [5.74, 6) is -0.0507. The van der Waals surface area contributed by atoms with Crippen LogP contribution in [0.1, 0.15) is 418 Å². The van der Waals surface area contributed by atoms with Crippen LogP contribution in [0.5, 0.6) is 0 Å². The van der Waals surface area contributed by atoms with Crippen molar-refractivity contribution in [3.63, 3.8) is 0 Å². The minimum Gasteiger partial charge on any atom is -0.466 e. The molecule has 0 rings (SSSR count). The molecular formula is C77H147NO5. The van der Waals surface area contributed by atoms with Crippen molar-refractivity contribution in [1.82, 2.24) is 5.32 Å². The zero-order chi connectivity index (χ0) is 59.9. The van der Waals surface area contributed by atoms with Crippen LogP contribution in [-0.2, 0) is 14.3 Å². The largest absolute Gasteiger partial charge is 0.466 e. The van der Waals surface area contributed by atoms with E-state index >= 15 is 0 Å². The van der Waals surface area contributed by atoms with E-state index in [1.54, 1.807) is 6.08 Å². The van der Waals surface area contributed by atoms with Crippen molar-refractivity contribution in [3.8, 4) is 0 Å². The predicted molar refractivity (Wildman–Crippen MR) is 366 cm³/mol. The molecule has 0 aromatic heterocycles. The third kappa shape index (κ3) is 69.1. The molecule has 0 aliphatic carbocycles. The predicted octanol–water partition coefficient (Wildman–Crippen LogP) is 24.7. The van der Waals surface area contributed by atoms with Gasteiger partial charge in [0, 0.05) is 12.8 Å². The average molecular weight is 1170 g/mol. The molecule has 0 saturated carbocycles. The van der Waals surface area contributed by atoms with Crippen LogP contribution in [0.15, 0.2) is 36.5 Å². The lowest BCUT2D eigenvalue weighted by molar-refractivity contribution is -0.143. The number of aliphatic hydroxyl groups is 2. The average Bonchev–Trinajstić information content (AvgIpc) is 3.49. The first-order valence-electron chi connectivity index (χ1n) is 37.8. The Labute approximate surface area is 519 Å². The second-order valence-corrected chi connectivity index (χ2v) is 26.0. The zero-order valence-corrected chi connectivity index (χ0v) is 56.2. The summed E-state index contributed by atoms with van der Waals surface area (Å²) in [7, 11) is 0. The second kappa shape index (κ2) is 72.6. The number of nitrogens with one attached hydrogen (secondary N) is 1. The van der Waals surface area contributed by atoms with Gasteiger partial charge in [0.05, 0.1) is 25.4 Å². The molecule has 0 heterocycles. The number of carbonyl (C=O) groups is 2. The first kappa shape index (κ1) is 81.1. The van der Waals surface area contributed by atoms with E-state index in [0.29, 0.717) is 19.4 Å². The normalized spacial score (nSPS) is 12.7. The lowest BCUT2D eigenvalue weighted by atomic mass is 10.0. The van der Waals surface area contributed by atoms with Crippen LogP contribution in [-0.4, -0.2) is 47.4 Å². The van der Waals surface area contributed by atoms with Crippen LogP contribution in [0.25, 0.3) is 0 Å². The van der Waals surface area contributed by atoms with E-state index in [0.717, 1.165) is 51.4 Å². The lowest BCUT2D eigenvalue weighted by Gasteiger charge is -2.20. The molecule has 83 heavy (non-hydrogen) atoms. The van der Waals surface area contributed by atoms with Gasteiger partial charge in [0.15, 0.2) is 0 Å². The third-order valence-electron chi connectivity index (χ3n) is 17.7. The summed E-state index contributed by atoms with van der Waals surface area (Å²) in [5.41, 5.74) is 0. The SMILES string of the molecule is CCCC/C=C\C/C=C\CCCCCCCC(=O)OCCCCCCCCCCCCCCCCCCCCCCCCCCCCCCCCCCCCCCCCCC(=O)NC(CO)C(O)/C=C/CCCCCCCCCCCCC. The molecule has 490 valence electrons. The summed E-state index contributed by atoms with van der Waals surface area (Å²) in [5, 5.41) is 23.1. The van der Waals surface area contributed by atoms with E-state index < -0.39 is 12.1 Å². The Kier molecular flexibility index (Phi) is 70.9. The van der Waals surface area contributed by atoms with Crippen LogP contribution < -0.4 is 5.32 Å². The first-order chi connectivity index (χ1) is 41.0. The van der Waals surface area contributed by atoms with E-state index in [-0.39, 0.29) is 18.5 Å². The third-order valence-corrected chi connectivity index (χ3v) is 17.7. The molecular weight excluding hydrogens is 1020 g/mol. The molecule has 0 aromatic rings. The molecule has 0 aliphatic heterocycles. The Balaban J connectivity index is 3.29. The van der Waals surface area contributed by atoms with Crippen LogP contribution in [0.3, 0.4) is 0 Å². The van der Waals surface area contributed by atoms with E-state index in [1.165, 1.54) is 340 Å². The smallest absolute Gasteiger partial charge is 0.305 e. The second-order valence-electron chi connectivity index (χ2n) is 26.0. The van der Waals surface area contributed by atoms with Crippen molar-refractivity contribution in [2.75, 3.05) is 13.2 Å². The highest BCUT2D eigenvalue weighted by Crippen LogP contribution is 2.19.